The minimum atomic E-state index is 0.457. The van der Waals surface area contributed by atoms with Crippen molar-refractivity contribution in [2.45, 2.75) is 53.4 Å². The van der Waals surface area contributed by atoms with Crippen molar-refractivity contribution < 1.29 is 0 Å². The zero-order valence-corrected chi connectivity index (χ0v) is 14.7. The molecule has 0 bridgehead atoms. The lowest BCUT2D eigenvalue weighted by molar-refractivity contribution is 0.856. The molecule has 2 rings (SSSR count). The van der Waals surface area contributed by atoms with Gasteiger partial charge in [-0.05, 0) is 47.9 Å². The van der Waals surface area contributed by atoms with Crippen molar-refractivity contribution in [2.24, 2.45) is 0 Å². The van der Waals surface area contributed by atoms with Crippen molar-refractivity contribution in [3.8, 4) is 11.1 Å². The van der Waals surface area contributed by atoms with Crippen LogP contribution in [0.25, 0.3) is 11.1 Å². The van der Waals surface area contributed by atoms with E-state index in [1.807, 2.05) is 0 Å². The fraction of sp³-hybridized carbons (Fsp3) is 0.400. The molecule has 0 saturated heterocycles. The minimum Gasteiger partial charge on any atom is -0.0834 e. The summed E-state index contributed by atoms with van der Waals surface area (Å²) >= 11 is 6.71. The van der Waals surface area contributed by atoms with Crippen molar-refractivity contribution in [1.29, 1.82) is 0 Å². The predicted octanol–water partition coefficient (Wildman–Crippen LogP) is 6.87. The summed E-state index contributed by atoms with van der Waals surface area (Å²) < 4.78 is 0. The quantitative estimate of drug-likeness (QED) is 0.580. The van der Waals surface area contributed by atoms with Gasteiger partial charge in [-0.2, -0.15) is 0 Å². The van der Waals surface area contributed by atoms with E-state index in [-0.39, 0.29) is 0 Å². The first-order valence-corrected chi connectivity index (χ1v) is 8.10. The van der Waals surface area contributed by atoms with Crippen molar-refractivity contribution in [3.63, 3.8) is 0 Å². The molecule has 0 aliphatic carbocycles. The molecule has 0 spiro atoms. The maximum absolute atomic E-state index is 6.71. The number of rotatable bonds is 3. The first kappa shape index (κ1) is 16.1. The van der Waals surface area contributed by atoms with Crippen LogP contribution in [0.2, 0.25) is 5.02 Å². The molecule has 0 atom stereocenters. The molecule has 0 nitrogen and oxygen atoms in total. The molecular weight excluding hydrogens is 276 g/mol. The second kappa shape index (κ2) is 6.23. The van der Waals surface area contributed by atoms with Gasteiger partial charge in [0, 0.05) is 5.56 Å². The lowest BCUT2D eigenvalue weighted by Crippen LogP contribution is -2.00. The van der Waals surface area contributed by atoms with Gasteiger partial charge in [-0.3, -0.25) is 0 Å². The average Bonchev–Trinajstić information content (AvgIpc) is 2.40. The maximum atomic E-state index is 6.71. The lowest BCUT2D eigenvalue weighted by Gasteiger charge is -2.21. The molecule has 0 radical (unpaired) electrons. The Morgan fingerprint density at radius 3 is 1.95 bits per heavy atom. The van der Waals surface area contributed by atoms with Crippen LogP contribution in [-0.4, -0.2) is 0 Å². The fourth-order valence-electron chi connectivity index (χ4n) is 2.84. The van der Waals surface area contributed by atoms with Gasteiger partial charge in [0.05, 0.1) is 5.02 Å². The number of benzene rings is 2. The van der Waals surface area contributed by atoms with Crippen molar-refractivity contribution >= 4 is 11.6 Å². The van der Waals surface area contributed by atoms with Gasteiger partial charge in [0.15, 0.2) is 0 Å². The zero-order valence-electron chi connectivity index (χ0n) is 13.9. The summed E-state index contributed by atoms with van der Waals surface area (Å²) in [5, 5.41) is 0.897. The van der Waals surface area contributed by atoms with Crippen LogP contribution in [0.15, 0.2) is 30.3 Å². The molecule has 0 heterocycles. The molecule has 2 aromatic rings. The van der Waals surface area contributed by atoms with Crippen LogP contribution in [-0.2, 0) is 0 Å². The molecule has 112 valence electrons. The van der Waals surface area contributed by atoms with Crippen LogP contribution in [0, 0.1) is 13.8 Å². The monoisotopic (exact) mass is 300 g/mol. The summed E-state index contributed by atoms with van der Waals surface area (Å²) in [6, 6.07) is 11.1. The average molecular weight is 301 g/mol. The summed E-state index contributed by atoms with van der Waals surface area (Å²) in [4.78, 5) is 0. The van der Waals surface area contributed by atoms with Gasteiger partial charge in [-0.1, -0.05) is 75.2 Å². The minimum absolute atomic E-state index is 0.457. The van der Waals surface area contributed by atoms with Crippen LogP contribution < -0.4 is 0 Å². The van der Waals surface area contributed by atoms with E-state index in [0.29, 0.717) is 11.8 Å². The van der Waals surface area contributed by atoms with Gasteiger partial charge in [0.2, 0.25) is 0 Å². The molecule has 0 aliphatic rings. The van der Waals surface area contributed by atoms with Gasteiger partial charge in [0.25, 0.3) is 0 Å². The largest absolute Gasteiger partial charge is 0.0834 e. The van der Waals surface area contributed by atoms with Crippen molar-refractivity contribution in [1.82, 2.24) is 0 Å². The van der Waals surface area contributed by atoms with Gasteiger partial charge in [-0.25, -0.2) is 0 Å². The van der Waals surface area contributed by atoms with Crippen LogP contribution in [0.5, 0.6) is 0 Å². The van der Waals surface area contributed by atoms with Crippen molar-refractivity contribution in [2.75, 3.05) is 0 Å². The molecule has 0 unspecified atom stereocenters. The van der Waals surface area contributed by atoms with Gasteiger partial charge in [-0.15, -0.1) is 0 Å². The summed E-state index contributed by atoms with van der Waals surface area (Å²) in [6.07, 6.45) is 0. The summed E-state index contributed by atoms with van der Waals surface area (Å²) in [5.41, 5.74) is 7.64. The SMILES string of the molecule is Cc1ccc(C(C)C)c(-c2c(C(C)C)ccc(C)c2Cl)c1. The van der Waals surface area contributed by atoms with E-state index in [1.165, 1.54) is 27.8 Å². The highest BCUT2D eigenvalue weighted by Gasteiger charge is 2.18. The van der Waals surface area contributed by atoms with Gasteiger partial charge in [0.1, 0.15) is 0 Å². The topological polar surface area (TPSA) is 0 Å². The Hall–Kier alpha value is -1.27. The Morgan fingerprint density at radius 1 is 0.810 bits per heavy atom. The normalized spacial score (nSPS) is 11.5. The van der Waals surface area contributed by atoms with E-state index in [2.05, 4.69) is 71.9 Å². The molecule has 0 aliphatic heterocycles. The van der Waals surface area contributed by atoms with Crippen LogP contribution in [0.3, 0.4) is 0 Å². The molecule has 1 heteroatoms. The van der Waals surface area contributed by atoms with E-state index in [1.54, 1.807) is 0 Å². The van der Waals surface area contributed by atoms with E-state index in [4.69, 9.17) is 11.6 Å². The molecule has 2 aromatic carbocycles. The van der Waals surface area contributed by atoms with Gasteiger partial charge >= 0.3 is 0 Å². The van der Waals surface area contributed by atoms with Gasteiger partial charge < -0.3 is 0 Å². The van der Waals surface area contributed by atoms with E-state index >= 15 is 0 Å². The molecule has 0 fully saturated rings. The molecule has 0 aromatic heterocycles. The molecule has 0 saturated carbocycles. The third kappa shape index (κ3) is 3.16. The highest BCUT2D eigenvalue weighted by atomic mass is 35.5. The summed E-state index contributed by atoms with van der Waals surface area (Å²) in [5.74, 6) is 0.941. The van der Waals surface area contributed by atoms with Crippen LogP contribution >= 0.6 is 11.6 Å². The Morgan fingerprint density at radius 2 is 1.38 bits per heavy atom. The third-order valence-electron chi connectivity index (χ3n) is 4.09. The van der Waals surface area contributed by atoms with Crippen LogP contribution in [0.4, 0.5) is 0 Å². The number of aryl methyl sites for hydroxylation is 2. The van der Waals surface area contributed by atoms with E-state index in [9.17, 15) is 0 Å². The number of hydrogen-bond donors (Lipinski definition) is 0. The van der Waals surface area contributed by atoms with E-state index < -0.39 is 0 Å². The third-order valence-corrected chi connectivity index (χ3v) is 4.58. The molecular formula is C20H25Cl. The number of halogens is 1. The Balaban J connectivity index is 2.83. The lowest BCUT2D eigenvalue weighted by atomic mass is 9.85. The van der Waals surface area contributed by atoms with E-state index in [0.717, 1.165) is 10.6 Å². The highest BCUT2D eigenvalue weighted by Crippen LogP contribution is 2.41. The molecule has 21 heavy (non-hydrogen) atoms. The molecule has 0 N–H and O–H groups in total. The zero-order chi connectivity index (χ0) is 15.7. The predicted molar refractivity (Wildman–Crippen MR) is 94.5 cm³/mol. The van der Waals surface area contributed by atoms with Crippen molar-refractivity contribution in [3.05, 3.63) is 57.6 Å². The Kier molecular flexibility index (Phi) is 4.78. The molecule has 0 amide bonds. The second-order valence-electron chi connectivity index (χ2n) is 6.56. The fourth-order valence-corrected chi connectivity index (χ4v) is 3.11. The Bertz CT molecular complexity index is 651. The number of hydrogen-bond acceptors (Lipinski definition) is 0. The second-order valence-corrected chi connectivity index (χ2v) is 6.94. The highest BCUT2D eigenvalue weighted by molar-refractivity contribution is 6.34. The first-order valence-electron chi connectivity index (χ1n) is 7.72. The smallest absolute Gasteiger partial charge is 0.0516 e. The maximum Gasteiger partial charge on any atom is 0.0516 e. The van der Waals surface area contributed by atoms with Crippen LogP contribution in [0.1, 0.15) is 61.8 Å². The first-order chi connectivity index (χ1) is 9.82. The summed E-state index contributed by atoms with van der Waals surface area (Å²) in [7, 11) is 0. The summed E-state index contributed by atoms with van der Waals surface area (Å²) in [6.45, 7) is 13.2. The Labute approximate surface area is 134 Å². The standard InChI is InChI=1S/C20H25Cl/c1-12(2)16-9-7-14(5)11-18(16)19-17(13(3)4)10-8-15(6)20(19)21/h7-13H,1-6H3.